The SMILES string of the molecule is CCNC1CCCC(Sc2ccncn2)C1. The van der Waals surface area contributed by atoms with Crippen molar-refractivity contribution in [3.63, 3.8) is 0 Å². The molecule has 1 N–H and O–H groups in total. The van der Waals surface area contributed by atoms with Crippen molar-refractivity contribution in [2.75, 3.05) is 6.54 Å². The summed E-state index contributed by atoms with van der Waals surface area (Å²) < 4.78 is 0. The largest absolute Gasteiger partial charge is 0.314 e. The summed E-state index contributed by atoms with van der Waals surface area (Å²) in [4.78, 5) is 8.22. The molecule has 2 unspecified atom stereocenters. The standard InChI is InChI=1S/C12H19N3S/c1-2-14-10-4-3-5-11(8-10)16-12-6-7-13-9-15-12/h6-7,9-11,14H,2-5,8H2,1H3. The second-order valence-electron chi connectivity index (χ2n) is 4.21. The van der Waals surface area contributed by atoms with E-state index in [4.69, 9.17) is 0 Å². The van der Waals surface area contributed by atoms with Crippen LogP contribution < -0.4 is 5.32 Å². The van der Waals surface area contributed by atoms with E-state index in [9.17, 15) is 0 Å². The summed E-state index contributed by atoms with van der Waals surface area (Å²) >= 11 is 1.90. The summed E-state index contributed by atoms with van der Waals surface area (Å²) in [5.41, 5.74) is 0. The number of hydrogen-bond donors (Lipinski definition) is 1. The number of rotatable bonds is 4. The van der Waals surface area contributed by atoms with E-state index in [1.165, 1.54) is 25.7 Å². The first-order chi connectivity index (χ1) is 7.88. The second kappa shape index (κ2) is 6.21. The van der Waals surface area contributed by atoms with Crippen molar-refractivity contribution in [3.05, 3.63) is 18.6 Å². The van der Waals surface area contributed by atoms with Gasteiger partial charge in [-0.15, -0.1) is 11.8 Å². The minimum absolute atomic E-state index is 0.707. The molecule has 2 rings (SSSR count). The Morgan fingerprint density at radius 3 is 3.19 bits per heavy atom. The molecule has 88 valence electrons. The van der Waals surface area contributed by atoms with Crippen LogP contribution in [0.4, 0.5) is 0 Å². The van der Waals surface area contributed by atoms with E-state index < -0.39 is 0 Å². The molecule has 1 heterocycles. The molecule has 3 nitrogen and oxygen atoms in total. The predicted octanol–water partition coefficient (Wildman–Crippen LogP) is 2.49. The van der Waals surface area contributed by atoms with E-state index >= 15 is 0 Å². The second-order valence-corrected chi connectivity index (χ2v) is 5.53. The molecule has 0 aromatic carbocycles. The van der Waals surface area contributed by atoms with Gasteiger partial charge in [-0.2, -0.15) is 0 Å². The van der Waals surface area contributed by atoms with Gasteiger partial charge in [0.2, 0.25) is 0 Å². The maximum absolute atomic E-state index is 4.28. The number of nitrogens with one attached hydrogen (secondary N) is 1. The molecule has 1 aromatic rings. The molecule has 0 aliphatic heterocycles. The maximum Gasteiger partial charge on any atom is 0.116 e. The summed E-state index contributed by atoms with van der Waals surface area (Å²) in [6.07, 6.45) is 8.70. The van der Waals surface area contributed by atoms with Crippen molar-refractivity contribution in [2.45, 2.75) is 48.9 Å². The predicted molar refractivity (Wildman–Crippen MR) is 67.6 cm³/mol. The fourth-order valence-electron chi connectivity index (χ4n) is 2.25. The Kier molecular flexibility index (Phi) is 4.60. The molecule has 0 saturated heterocycles. The quantitative estimate of drug-likeness (QED) is 0.816. The third kappa shape index (κ3) is 3.46. The molecule has 16 heavy (non-hydrogen) atoms. The molecular weight excluding hydrogens is 218 g/mol. The zero-order chi connectivity index (χ0) is 11.2. The van der Waals surface area contributed by atoms with Gasteiger partial charge in [0, 0.05) is 17.5 Å². The average molecular weight is 237 g/mol. The first-order valence-electron chi connectivity index (χ1n) is 6.04. The highest BCUT2D eigenvalue weighted by molar-refractivity contribution is 7.99. The van der Waals surface area contributed by atoms with Gasteiger partial charge in [-0.25, -0.2) is 9.97 Å². The fourth-order valence-corrected chi connectivity index (χ4v) is 3.45. The van der Waals surface area contributed by atoms with E-state index in [1.54, 1.807) is 6.33 Å². The lowest BCUT2D eigenvalue weighted by Crippen LogP contribution is -2.34. The third-order valence-corrected chi connectivity index (χ3v) is 4.21. The summed E-state index contributed by atoms with van der Waals surface area (Å²) in [5.74, 6) is 0. The van der Waals surface area contributed by atoms with E-state index in [2.05, 4.69) is 22.2 Å². The minimum atomic E-state index is 0.707. The molecule has 4 heteroatoms. The first kappa shape index (κ1) is 11.9. The lowest BCUT2D eigenvalue weighted by atomic mass is 9.95. The van der Waals surface area contributed by atoms with Crippen LogP contribution >= 0.6 is 11.8 Å². The monoisotopic (exact) mass is 237 g/mol. The zero-order valence-corrected chi connectivity index (χ0v) is 10.5. The summed E-state index contributed by atoms with van der Waals surface area (Å²) in [5, 5.41) is 5.38. The van der Waals surface area contributed by atoms with Crippen LogP contribution in [-0.2, 0) is 0 Å². The van der Waals surface area contributed by atoms with Crippen molar-refractivity contribution in [3.8, 4) is 0 Å². The normalized spacial score (nSPS) is 25.6. The molecule has 1 aliphatic carbocycles. The average Bonchev–Trinajstić information content (AvgIpc) is 2.31. The van der Waals surface area contributed by atoms with E-state index in [1.807, 2.05) is 24.0 Å². The Hall–Kier alpha value is -0.610. The number of hydrogen-bond acceptors (Lipinski definition) is 4. The smallest absolute Gasteiger partial charge is 0.116 e. The van der Waals surface area contributed by atoms with Gasteiger partial charge in [0.1, 0.15) is 6.33 Å². The highest BCUT2D eigenvalue weighted by Gasteiger charge is 2.22. The molecule has 0 amide bonds. The van der Waals surface area contributed by atoms with Crippen molar-refractivity contribution >= 4 is 11.8 Å². The van der Waals surface area contributed by atoms with Gasteiger partial charge in [-0.05, 0) is 31.9 Å². The fraction of sp³-hybridized carbons (Fsp3) is 0.667. The lowest BCUT2D eigenvalue weighted by molar-refractivity contribution is 0.387. The maximum atomic E-state index is 4.28. The molecular formula is C12H19N3S. The number of nitrogens with zero attached hydrogens (tertiary/aromatic N) is 2. The van der Waals surface area contributed by atoms with Gasteiger partial charge in [0.25, 0.3) is 0 Å². The Morgan fingerprint density at radius 2 is 2.44 bits per heavy atom. The molecule has 1 fully saturated rings. The van der Waals surface area contributed by atoms with Gasteiger partial charge in [0.15, 0.2) is 0 Å². The third-order valence-electron chi connectivity index (χ3n) is 2.96. The van der Waals surface area contributed by atoms with Crippen molar-refractivity contribution in [2.24, 2.45) is 0 Å². The van der Waals surface area contributed by atoms with Gasteiger partial charge in [-0.3, -0.25) is 0 Å². The van der Waals surface area contributed by atoms with Gasteiger partial charge >= 0.3 is 0 Å². The van der Waals surface area contributed by atoms with Crippen molar-refractivity contribution in [1.29, 1.82) is 0 Å². The summed E-state index contributed by atoms with van der Waals surface area (Å²) in [6, 6.07) is 2.71. The Morgan fingerprint density at radius 1 is 1.50 bits per heavy atom. The van der Waals surface area contributed by atoms with E-state index in [0.29, 0.717) is 11.3 Å². The molecule has 0 radical (unpaired) electrons. The van der Waals surface area contributed by atoms with Crippen molar-refractivity contribution in [1.82, 2.24) is 15.3 Å². The van der Waals surface area contributed by atoms with Crippen molar-refractivity contribution < 1.29 is 0 Å². The van der Waals surface area contributed by atoms with Gasteiger partial charge in [0.05, 0.1) is 5.03 Å². The Labute approximate surface area is 101 Å². The van der Waals surface area contributed by atoms with E-state index in [-0.39, 0.29) is 0 Å². The Bertz CT molecular complexity index is 302. The highest BCUT2D eigenvalue weighted by Crippen LogP contribution is 2.32. The molecule has 1 aliphatic rings. The zero-order valence-electron chi connectivity index (χ0n) is 9.72. The van der Waals surface area contributed by atoms with Crippen LogP contribution in [0.3, 0.4) is 0 Å². The van der Waals surface area contributed by atoms with Crippen LogP contribution in [0.5, 0.6) is 0 Å². The summed E-state index contributed by atoms with van der Waals surface area (Å²) in [6.45, 7) is 3.26. The van der Waals surface area contributed by atoms with Gasteiger partial charge < -0.3 is 5.32 Å². The molecule has 0 bridgehead atoms. The number of thioether (sulfide) groups is 1. The van der Waals surface area contributed by atoms with Crippen LogP contribution in [-0.4, -0.2) is 27.8 Å². The van der Waals surface area contributed by atoms with Crippen LogP contribution in [0.1, 0.15) is 32.6 Å². The van der Waals surface area contributed by atoms with E-state index in [0.717, 1.165) is 11.6 Å². The summed E-state index contributed by atoms with van der Waals surface area (Å²) in [7, 11) is 0. The molecule has 2 atom stereocenters. The number of aromatic nitrogens is 2. The Balaban J connectivity index is 1.85. The minimum Gasteiger partial charge on any atom is -0.314 e. The molecule has 1 aromatic heterocycles. The van der Waals surface area contributed by atoms with Crippen LogP contribution in [0.25, 0.3) is 0 Å². The highest BCUT2D eigenvalue weighted by atomic mass is 32.2. The van der Waals surface area contributed by atoms with Crippen LogP contribution in [0, 0.1) is 0 Å². The van der Waals surface area contributed by atoms with Gasteiger partial charge in [-0.1, -0.05) is 13.3 Å². The van der Waals surface area contributed by atoms with Crippen LogP contribution in [0.2, 0.25) is 0 Å². The lowest BCUT2D eigenvalue weighted by Gasteiger charge is -2.28. The first-order valence-corrected chi connectivity index (χ1v) is 6.92. The topological polar surface area (TPSA) is 37.8 Å². The molecule has 0 spiro atoms. The van der Waals surface area contributed by atoms with Crippen LogP contribution in [0.15, 0.2) is 23.6 Å². The molecule has 1 saturated carbocycles.